The Labute approximate surface area is 124 Å². The molecule has 2 atom stereocenters. The molecule has 1 saturated carbocycles. The van der Waals surface area contributed by atoms with Crippen molar-refractivity contribution >= 4 is 0 Å². The van der Waals surface area contributed by atoms with Gasteiger partial charge in [-0.3, -0.25) is 0 Å². The van der Waals surface area contributed by atoms with Gasteiger partial charge in [-0.05, 0) is 60.3 Å². The quantitative estimate of drug-likeness (QED) is 0.429. The summed E-state index contributed by atoms with van der Waals surface area (Å²) in [7, 11) is 0. The summed E-state index contributed by atoms with van der Waals surface area (Å²) in [6, 6.07) is 0. The van der Waals surface area contributed by atoms with Gasteiger partial charge in [-0.2, -0.15) is 9.78 Å². The molecule has 1 rings (SSSR count). The van der Waals surface area contributed by atoms with Crippen LogP contribution in [0.2, 0.25) is 0 Å². The van der Waals surface area contributed by atoms with Crippen molar-refractivity contribution in [2.75, 3.05) is 0 Å². The van der Waals surface area contributed by atoms with E-state index in [1.54, 1.807) is 0 Å². The van der Waals surface area contributed by atoms with Gasteiger partial charge < -0.3 is 0 Å². The van der Waals surface area contributed by atoms with Crippen molar-refractivity contribution in [3.63, 3.8) is 0 Å². The number of rotatable bonds is 4. The Morgan fingerprint density at radius 3 is 1.65 bits per heavy atom. The van der Waals surface area contributed by atoms with Gasteiger partial charge in [0, 0.05) is 12.3 Å². The highest BCUT2D eigenvalue weighted by atomic mass is 17.3. The van der Waals surface area contributed by atoms with Crippen LogP contribution in [-0.4, -0.2) is 17.0 Å². The van der Waals surface area contributed by atoms with E-state index in [4.69, 9.17) is 19.6 Å². The van der Waals surface area contributed by atoms with Crippen LogP contribution < -0.4 is 0 Å². The van der Waals surface area contributed by atoms with Gasteiger partial charge in [0.1, 0.15) is 0 Å². The van der Waals surface area contributed by atoms with Crippen molar-refractivity contribution in [1.29, 1.82) is 0 Å². The normalized spacial score (nSPS) is 27.6. The molecule has 0 aromatic heterocycles. The van der Waals surface area contributed by atoms with Crippen LogP contribution in [0.15, 0.2) is 0 Å². The lowest BCUT2D eigenvalue weighted by molar-refractivity contribution is -0.555. The summed E-state index contributed by atoms with van der Waals surface area (Å²) in [5, 5.41) is 0. The van der Waals surface area contributed by atoms with E-state index < -0.39 is 5.79 Å². The van der Waals surface area contributed by atoms with E-state index in [9.17, 15) is 0 Å². The molecule has 0 aromatic rings. The van der Waals surface area contributed by atoms with Crippen LogP contribution in [0.5, 0.6) is 0 Å². The van der Waals surface area contributed by atoms with E-state index in [1.807, 2.05) is 41.5 Å². The van der Waals surface area contributed by atoms with Crippen molar-refractivity contribution in [3.05, 3.63) is 0 Å². The van der Waals surface area contributed by atoms with Gasteiger partial charge in [-0.25, -0.2) is 9.78 Å². The molecule has 0 aromatic carbocycles. The van der Waals surface area contributed by atoms with E-state index in [0.717, 1.165) is 19.3 Å². The molecule has 4 heteroatoms. The van der Waals surface area contributed by atoms with E-state index in [0.29, 0.717) is 5.92 Å². The third kappa shape index (κ3) is 5.68. The van der Waals surface area contributed by atoms with Gasteiger partial charge in [0.25, 0.3) is 0 Å². The van der Waals surface area contributed by atoms with Gasteiger partial charge in [0.05, 0.1) is 11.2 Å². The second kappa shape index (κ2) is 6.30. The van der Waals surface area contributed by atoms with Crippen LogP contribution >= 0.6 is 0 Å². The smallest absolute Gasteiger partial charge is 0.228 e. The first kappa shape index (κ1) is 17.9. The first-order chi connectivity index (χ1) is 8.94. The summed E-state index contributed by atoms with van der Waals surface area (Å²) in [6.45, 7) is 16.2. The minimum atomic E-state index is -0.812. The van der Waals surface area contributed by atoms with Gasteiger partial charge in [0.15, 0.2) is 0 Å². The molecule has 0 saturated heterocycles. The largest absolute Gasteiger partial charge is 0.236 e. The molecule has 0 radical (unpaired) electrons. The zero-order chi connectivity index (χ0) is 15.6. The minimum Gasteiger partial charge on any atom is -0.228 e. The molecule has 0 heterocycles. The Kier molecular flexibility index (Phi) is 5.64. The Morgan fingerprint density at radius 1 is 0.850 bits per heavy atom. The van der Waals surface area contributed by atoms with E-state index in [2.05, 4.69) is 13.8 Å². The van der Waals surface area contributed by atoms with E-state index in [-0.39, 0.29) is 17.1 Å². The molecule has 0 aliphatic heterocycles. The first-order valence-corrected chi connectivity index (χ1v) is 7.67. The van der Waals surface area contributed by atoms with Crippen molar-refractivity contribution in [2.24, 2.45) is 11.8 Å². The Bertz CT molecular complexity index is 283. The average molecular weight is 288 g/mol. The lowest BCUT2D eigenvalue weighted by Crippen LogP contribution is -2.48. The maximum atomic E-state index is 5.74. The zero-order valence-electron chi connectivity index (χ0n) is 14.4. The zero-order valence-corrected chi connectivity index (χ0v) is 14.4. The standard InChI is InChI=1S/C16H32O4/c1-12-9-10-16(13(2)11-12,19-17-14(3,4)5)20-18-15(6,7)8/h12-13H,9-11H2,1-8H3. The number of hydrogen-bond acceptors (Lipinski definition) is 4. The second-order valence-corrected chi connectivity index (χ2v) is 8.15. The van der Waals surface area contributed by atoms with Crippen LogP contribution in [0.1, 0.15) is 74.7 Å². The maximum Gasteiger partial charge on any atom is 0.236 e. The van der Waals surface area contributed by atoms with Crippen molar-refractivity contribution in [1.82, 2.24) is 0 Å². The summed E-state index contributed by atoms with van der Waals surface area (Å²) in [5.41, 5.74) is -0.748. The third-order valence-electron chi connectivity index (χ3n) is 3.36. The average Bonchev–Trinajstić information content (AvgIpc) is 2.25. The molecule has 1 aliphatic carbocycles. The third-order valence-corrected chi connectivity index (χ3v) is 3.36. The van der Waals surface area contributed by atoms with Gasteiger partial charge in [-0.1, -0.05) is 13.8 Å². The molecular weight excluding hydrogens is 256 g/mol. The van der Waals surface area contributed by atoms with Gasteiger partial charge in [-0.15, -0.1) is 0 Å². The molecule has 4 nitrogen and oxygen atoms in total. The van der Waals surface area contributed by atoms with Crippen molar-refractivity contribution in [3.8, 4) is 0 Å². The Morgan fingerprint density at radius 2 is 1.30 bits per heavy atom. The summed E-state index contributed by atoms with van der Waals surface area (Å²) in [6.07, 6.45) is 2.87. The first-order valence-electron chi connectivity index (χ1n) is 7.67. The van der Waals surface area contributed by atoms with Crippen LogP contribution in [0.25, 0.3) is 0 Å². The molecule has 0 spiro atoms. The fourth-order valence-electron chi connectivity index (χ4n) is 2.25. The molecule has 120 valence electrons. The Hall–Kier alpha value is -0.160. The van der Waals surface area contributed by atoms with Crippen molar-refractivity contribution in [2.45, 2.75) is 91.6 Å². The monoisotopic (exact) mass is 288 g/mol. The fourth-order valence-corrected chi connectivity index (χ4v) is 2.25. The SMILES string of the molecule is CC1CCC(OOC(C)(C)C)(OOC(C)(C)C)C(C)C1. The summed E-state index contributed by atoms with van der Waals surface area (Å²) in [5.74, 6) is 0.0816. The number of hydrogen-bond donors (Lipinski definition) is 0. The predicted molar refractivity (Wildman–Crippen MR) is 78.8 cm³/mol. The molecule has 0 N–H and O–H groups in total. The second-order valence-electron chi connectivity index (χ2n) is 8.15. The van der Waals surface area contributed by atoms with Crippen LogP contribution in [-0.2, 0) is 19.6 Å². The van der Waals surface area contributed by atoms with Crippen LogP contribution in [0, 0.1) is 11.8 Å². The predicted octanol–water partition coefficient (Wildman–Crippen LogP) is 4.63. The minimum absolute atomic E-state index is 0.218. The highest BCUT2D eigenvalue weighted by molar-refractivity contribution is 4.83. The molecule has 0 bridgehead atoms. The van der Waals surface area contributed by atoms with Gasteiger partial charge in [0.2, 0.25) is 5.79 Å². The summed E-state index contributed by atoms with van der Waals surface area (Å²) in [4.78, 5) is 22.6. The molecule has 20 heavy (non-hydrogen) atoms. The maximum absolute atomic E-state index is 5.74. The Balaban J connectivity index is 2.77. The molecule has 2 unspecified atom stereocenters. The lowest BCUT2D eigenvalue weighted by atomic mass is 9.79. The fraction of sp³-hybridized carbons (Fsp3) is 1.00. The van der Waals surface area contributed by atoms with Crippen LogP contribution in [0.4, 0.5) is 0 Å². The molecule has 1 fully saturated rings. The van der Waals surface area contributed by atoms with E-state index in [1.165, 1.54) is 0 Å². The highest BCUT2D eigenvalue weighted by Gasteiger charge is 2.47. The highest BCUT2D eigenvalue weighted by Crippen LogP contribution is 2.42. The molecule has 0 amide bonds. The van der Waals surface area contributed by atoms with Crippen molar-refractivity contribution < 1.29 is 19.6 Å². The summed E-state index contributed by atoms with van der Waals surface area (Å²) >= 11 is 0. The van der Waals surface area contributed by atoms with E-state index >= 15 is 0 Å². The topological polar surface area (TPSA) is 36.9 Å². The summed E-state index contributed by atoms with van der Waals surface area (Å²) < 4.78 is 0. The lowest BCUT2D eigenvalue weighted by Gasteiger charge is -2.43. The molecular formula is C16H32O4. The van der Waals surface area contributed by atoms with Crippen LogP contribution in [0.3, 0.4) is 0 Å². The molecule has 1 aliphatic rings. The van der Waals surface area contributed by atoms with Gasteiger partial charge >= 0.3 is 0 Å².